The molecule has 2 bridgehead atoms. The molecule has 0 N–H and O–H groups in total. The zero-order chi connectivity index (χ0) is 7.14. The van der Waals surface area contributed by atoms with E-state index in [4.69, 9.17) is 0 Å². The highest BCUT2D eigenvalue weighted by Crippen LogP contribution is 2.43. The topological polar surface area (TPSA) is 0 Å². The summed E-state index contributed by atoms with van der Waals surface area (Å²) in [7, 11) is 0. The summed E-state index contributed by atoms with van der Waals surface area (Å²) >= 11 is 0. The van der Waals surface area contributed by atoms with Crippen molar-refractivity contribution in [1.82, 2.24) is 0 Å². The summed E-state index contributed by atoms with van der Waals surface area (Å²) in [6.45, 7) is 4.71. The fourth-order valence-electron chi connectivity index (χ4n) is 2.55. The largest absolute Gasteiger partial charge is 0.0819 e. The molecule has 0 nitrogen and oxygen atoms in total. The molecule has 3 unspecified atom stereocenters. The lowest BCUT2D eigenvalue weighted by Crippen LogP contribution is -2.27. The van der Waals surface area contributed by atoms with Gasteiger partial charge >= 0.3 is 0 Å². The van der Waals surface area contributed by atoms with Gasteiger partial charge in [-0.25, -0.2) is 0 Å². The zero-order valence-corrected chi connectivity index (χ0v) is 6.93. The molecule has 0 radical (unpaired) electrons. The maximum atomic E-state index is 2.52. The number of hydrogen-bond acceptors (Lipinski definition) is 0. The molecule has 0 saturated heterocycles. The van der Waals surface area contributed by atoms with Gasteiger partial charge in [-0.05, 0) is 43.9 Å². The molecule has 56 valence electrons. The molecule has 0 aromatic heterocycles. The van der Waals surface area contributed by atoms with E-state index in [0.717, 1.165) is 17.8 Å². The summed E-state index contributed by atoms with van der Waals surface area (Å²) in [5, 5.41) is 0. The lowest BCUT2D eigenvalue weighted by atomic mass is 9.67. The fraction of sp³-hybridized carbons (Fsp3) is 0.800. The van der Waals surface area contributed by atoms with Gasteiger partial charge in [0.1, 0.15) is 0 Å². The SMILES string of the molecule is CC1=CC2CCC1CC2C. The molecule has 3 aliphatic carbocycles. The predicted octanol–water partition coefficient (Wildman–Crippen LogP) is 3.00. The molecule has 0 heteroatoms. The van der Waals surface area contributed by atoms with Gasteiger partial charge in [-0.1, -0.05) is 18.6 Å². The van der Waals surface area contributed by atoms with Crippen LogP contribution in [-0.2, 0) is 0 Å². The van der Waals surface area contributed by atoms with Gasteiger partial charge in [-0.15, -0.1) is 0 Å². The number of fused-ring (bicyclic) bond motifs is 2. The van der Waals surface area contributed by atoms with Gasteiger partial charge in [0.2, 0.25) is 0 Å². The first kappa shape index (κ1) is 6.45. The Kier molecular flexibility index (Phi) is 1.36. The first-order valence-corrected chi connectivity index (χ1v) is 4.45. The predicted molar refractivity (Wildman–Crippen MR) is 43.8 cm³/mol. The summed E-state index contributed by atoms with van der Waals surface area (Å²) in [5.41, 5.74) is 1.68. The van der Waals surface area contributed by atoms with Crippen LogP contribution in [-0.4, -0.2) is 0 Å². The first-order chi connectivity index (χ1) is 4.77. The lowest BCUT2D eigenvalue weighted by Gasteiger charge is -2.39. The average molecular weight is 136 g/mol. The van der Waals surface area contributed by atoms with Crippen LogP contribution in [0.2, 0.25) is 0 Å². The summed E-state index contributed by atoms with van der Waals surface area (Å²) in [4.78, 5) is 0. The number of rotatable bonds is 0. The Morgan fingerprint density at radius 3 is 2.50 bits per heavy atom. The van der Waals surface area contributed by atoms with E-state index in [1.54, 1.807) is 5.57 Å². The van der Waals surface area contributed by atoms with E-state index < -0.39 is 0 Å². The van der Waals surface area contributed by atoms with Crippen molar-refractivity contribution in [2.75, 3.05) is 0 Å². The van der Waals surface area contributed by atoms with E-state index in [-0.39, 0.29) is 0 Å². The molecular weight excluding hydrogens is 120 g/mol. The van der Waals surface area contributed by atoms with Crippen molar-refractivity contribution in [3.05, 3.63) is 11.6 Å². The smallest absolute Gasteiger partial charge is 0.0203 e. The molecule has 0 aliphatic heterocycles. The lowest BCUT2D eigenvalue weighted by molar-refractivity contribution is 0.226. The van der Waals surface area contributed by atoms with Crippen LogP contribution in [0.4, 0.5) is 0 Å². The van der Waals surface area contributed by atoms with Crippen LogP contribution in [0.5, 0.6) is 0 Å². The molecule has 1 fully saturated rings. The summed E-state index contributed by atoms with van der Waals surface area (Å²) in [6.07, 6.45) is 6.91. The van der Waals surface area contributed by atoms with Crippen molar-refractivity contribution in [3.63, 3.8) is 0 Å². The second-order valence-corrected chi connectivity index (χ2v) is 4.06. The fourth-order valence-corrected chi connectivity index (χ4v) is 2.55. The maximum Gasteiger partial charge on any atom is -0.0203 e. The van der Waals surface area contributed by atoms with E-state index in [2.05, 4.69) is 19.9 Å². The third-order valence-corrected chi connectivity index (χ3v) is 3.36. The van der Waals surface area contributed by atoms with Gasteiger partial charge in [0, 0.05) is 0 Å². The maximum absolute atomic E-state index is 2.52. The van der Waals surface area contributed by atoms with Gasteiger partial charge in [0.15, 0.2) is 0 Å². The average Bonchev–Trinajstić information content (AvgIpc) is 1.91. The van der Waals surface area contributed by atoms with Crippen molar-refractivity contribution >= 4 is 0 Å². The van der Waals surface area contributed by atoms with E-state index in [0.29, 0.717) is 0 Å². The van der Waals surface area contributed by atoms with Crippen molar-refractivity contribution in [1.29, 1.82) is 0 Å². The Morgan fingerprint density at radius 1 is 1.40 bits per heavy atom. The zero-order valence-electron chi connectivity index (χ0n) is 6.93. The minimum atomic E-state index is 0.935. The molecule has 1 saturated carbocycles. The molecule has 0 aromatic rings. The van der Waals surface area contributed by atoms with Crippen LogP contribution in [0.25, 0.3) is 0 Å². The molecule has 0 heterocycles. The number of allylic oxidation sites excluding steroid dienone is 2. The van der Waals surface area contributed by atoms with Gasteiger partial charge in [0.05, 0.1) is 0 Å². The third-order valence-electron chi connectivity index (χ3n) is 3.36. The molecule has 3 aliphatic rings. The van der Waals surface area contributed by atoms with E-state index >= 15 is 0 Å². The molecule has 3 atom stereocenters. The summed E-state index contributed by atoms with van der Waals surface area (Å²) in [5.74, 6) is 2.87. The number of hydrogen-bond donors (Lipinski definition) is 0. The minimum absolute atomic E-state index is 0.935. The van der Waals surface area contributed by atoms with Gasteiger partial charge in [-0.2, -0.15) is 0 Å². The third kappa shape index (κ3) is 0.817. The molecule has 0 amide bonds. The van der Waals surface area contributed by atoms with E-state index in [9.17, 15) is 0 Å². The van der Waals surface area contributed by atoms with Crippen LogP contribution < -0.4 is 0 Å². The normalized spacial score (nSPS) is 45.4. The highest BCUT2D eigenvalue weighted by molar-refractivity contribution is 5.14. The Balaban J connectivity index is 2.25. The summed E-state index contributed by atoms with van der Waals surface area (Å²) in [6, 6.07) is 0. The second kappa shape index (κ2) is 2.11. The summed E-state index contributed by atoms with van der Waals surface area (Å²) < 4.78 is 0. The van der Waals surface area contributed by atoms with Gasteiger partial charge in [0.25, 0.3) is 0 Å². The molecule has 10 heavy (non-hydrogen) atoms. The van der Waals surface area contributed by atoms with Gasteiger partial charge < -0.3 is 0 Å². The Bertz CT molecular complexity index is 167. The molecule has 3 rings (SSSR count). The van der Waals surface area contributed by atoms with Crippen LogP contribution >= 0.6 is 0 Å². The monoisotopic (exact) mass is 136 g/mol. The van der Waals surface area contributed by atoms with E-state index in [1.807, 2.05) is 0 Å². The highest BCUT2D eigenvalue weighted by atomic mass is 14.4. The standard InChI is InChI=1S/C10H16/c1-7-5-10-4-3-9(7)6-8(10)2/h5,8-10H,3-4,6H2,1-2H3. The van der Waals surface area contributed by atoms with Crippen molar-refractivity contribution in [2.45, 2.75) is 33.1 Å². The Hall–Kier alpha value is -0.260. The van der Waals surface area contributed by atoms with Crippen molar-refractivity contribution in [2.24, 2.45) is 17.8 Å². The minimum Gasteiger partial charge on any atom is -0.0819 e. The Labute approximate surface area is 63.3 Å². The molecule has 0 aromatic carbocycles. The van der Waals surface area contributed by atoms with Crippen molar-refractivity contribution < 1.29 is 0 Å². The quantitative estimate of drug-likeness (QED) is 0.449. The van der Waals surface area contributed by atoms with Crippen LogP contribution in [0.3, 0.4) is 0 Å². The van der Waals surface area contributed by atoms with E-state index in [1.165, 1.54) is 19.3 Å². The Morgan fingerprint density at radius 2 is 2.20 bits per heavy atom. The molecular formula is C10H16. The first-order valence-electron chi connectivity index (χ1n) is 4.45. The van der Waals surface area contributed by atoms with Gasteiger partial charge in [-0.3, -0.25) is 0 Å². The van der Waals surface area contributed by atoms with Crippen LogP contribution in [0.1, 0.15) is 33.1 Å². The highest BCUT2D eigenvalue weighted by Gasteiger charge is 2.31. The second-order valence-electron chi connectivity index (χ2n) is 4.06. The van der Waals surface area contributed by atoms with Crippen molar-refractivity contribution in [3.8, 4) is 0 Å². The van der Waals surface area contributed by atoms with Crippen LogP contribution in [0, 0.1) is 17.8 Å². The molecule has 0 spiro atoms. The van der Waals surface area contributed by atoms with Crippen LogP contribution in [0.15, 0.2) is 11.6 Å².